The molecule has 110 valence electrons. The molecule has 0 radical (unpaired) electrons. The van der Waals surface area contributed by atoms with Gasteiger partial charge in [-0.25, -0.2) is 4.39 Å². The molecule has 21 heavy (non-hydrogen) atoms. The number of carbonyl (C=O) groups is 1. The molecule has 0 atom stereocenters. The smallest absolute Gasteiger partial charge is 0.256 e. The van der Waals surface area contributed by atoms with Gasteiger partial charge >= 0.3 is 0 Å². The fourth-order valence-corrected chi connectivity index (χ4v) is 2.06. The maximum absolute atomic E-state index is 13.5. The van der Waals surface area contributed by atoms with Crippen LogP contribution in [0.5, 0.6) is 0 Å². The number of rotatable bonds is 4. The van der Waals surface area contributed by atoms with Gasteiger partial charge in [-0.15, -0.1) is 0 Å². The van der Waals surface area contributed by atoms with Crippen LogP contribution >= 0.6 is 0 Å². The third-order valence-corrected chi connectivity index (χ3v) is 3.24. The maximum Gasteiger partial charge on any atom is 0.256 e. The molecule has 0 fully saturated rings. The van der Waals surface area contributed by atoms with E-state index in [9.17, 15) is 9.18 Å². The summed E-state index contributed by atoms with van der Waals surface area (Å²) in [4.78, 5) is 18.3. The molecule has 0 spiro atoms. The lowest BCUT2D eigenvalue weighted by molar-refractivity contribution is 0.0691. The molecule has 0 aliphatic heterocycles. The summed E-state index contributed by atoms with van der Waals surface area (Å²) in [6.45, 7) is 4.22. The molecule has 0 unspecified atom stereocenters. The van der Waals surface area contributed by atoms with Crippen LogP contribution in [0, 0.1) is 5.82 Å². The second-order valence-corrected chi connectivity index (χ2v) is 5.09. The van der Waals surface area contributed by atoms with E-state index in [0.29, 0.717) is 6.54 Å². The Hall–Kier alpha value is -2.43. The zero-order valence-corrected chi connectivity index (χ0v) is 12.1. The van der Waals surface area contributed by atoms with Crippen LogP contribution in [-0.4, -0.2) is 21.8 Å². The Kier molecular flexibility index (Phi) is 4.52. The van der Waals surface area contributed by atoms with E-state index in [4.69, 9.17) is 5.73 Å². The summed E-state index contributed by atoms with van der Waals surface area (Å²) < 4.78 is 13.5. The molecule has 1 aromatic carbocycles. The summed E-state index contributed by atoms with van der Waals surface area (Å²) >= 11 is 0. The van der Waals surface area contributed by atoms with E-state index < -0.39 is 5.82 Å². The van der Waals surface area contributed by atoms with Crippen molar-refractivity contribution in [3.63, 3.8) is 0 Å². The monoisotopic (exact) mass is 287 g/mol. The second kappa shape index (κ2) is 6.35. The van der Waals surface area contributed by atoms with Crippen LogP contribution in [-0.2, 0) is 6.54 Å². The van der Waals surface area contributed by atoms with Crippen LogP contribution in [0.3, 0.4) is 0 Å². The number of hydrogen-bond donors (Lipinski definition) is 1. The molecular weight excluding hydrogens is 269 g/mol. The van der Waals surface area contributed by atoms with E-state index in [1.54, 1.807) is 23.4 Å². The van der Waals surface area contributed by atoms with Crippen LogP contribution < -0.4 is 5.73 Å². The van der Waals surface area contributed by atoms with Gasteiger partial charge < -0.3 is 10.6 Å². The standard InChI is InChI=1S/C16H18FN3O/c1-11(2)20(10-12-5-4-8-19-9-12)16(21)13-6-3-7-14(17)15(13)18/h3-9,11H,10,18H2,1-2H3. The summed E-state index contributed by atoms with van der Waals surface area (Å²) in [6, 6.07) is 7.94. The number of anilines is 1. The fourth-order valence-electron chi connectivity index (χ4n) is 2.06. The first-order valence-electron chi connectivity index (χ1n) is 6.74. The number of halogens is 1. The predicted molar refractivity (Wildman–Crippen MR) is 80.1 cm³/mol. The van der Waals surface area contributed by atoms with Gasteiger partial charge in [0.1, 0.15) is 5.82 Å². The van der Waals surface area contributed by atoms with E-state index in [2.05, 4.69) is 4.98 Å². The van der Waals surface area contributed by atoms with Gasteiger partial charge in [-0.05, 0) is 37.6 Å². The maximum atomic E-state index is 13.5. The SMILES string of the molecule is CC(C)N(Cc1cccnc1)C(=O)c1cccc(F)c1N. The van der Waals surface area contributed by atoms with Gasteiger partial charge in [0, 0.05) is 25.0 Å². The molecule has 1 amide bonds. The molecule has 0 bridgehead atoms. The number of aromatic nitrogens is 1. The van der Waals surface area contributed by atoms with Crippen LogP contribution in [0.2, 0.25) is 0 Å². The molecular formula is C16H18FN3O. The lowest BCUT2D eigenvalue weighted by Crippen LogP contribution is -2.36. The highest BCUT2D eigenvalue weighted by atomic mass is 19.1. The Labute approximate surface area is 123 Å². The number of carbonyl (C=O) groups excluding carboxylic acids is 1. The molecule has 0 aliphatic carbocycles. The zero-order chi connectivity index (χ0) is 15.4. The van der Waals surface area contributed by atoms with Crippen molar-refractivity contribution in [2.75, 3.05) is 5.73 Å². The van der Waals surface area contributed by atoms with Gasteiger partial charge in [-0.2, -0.15) is 0 Å². The minimum atomic E-state index is -0.578. The summed E-state index contributed by atoms with van der Waals surface area (Å²) in [7, 11) is 0. The quantitative estimate of drug-likeness (QED) is 0.880. The molecule has 1 heterocycles. The summed E-state index contributed by atoms with van der Waals surface area (Å²) in [5.41, 5.74) is 6.67. The lowest BCUT2D eigenvalue weighted by atomic mass is 10.1. The van der Waals surface area contributed by atoms with Crippen molar-refractivity contribution in [1.82, 2.24) is 9.88 Å². The minimum absolute atomic E-state index is 0.0413. The Morgan fingerprint density at radius 2 is 2.10 bits per heavy atom. The Morgan fingerprint density at radius 1 is 1.33 bits per heavy atom. The van der Waals surface area contributed by atoms with Crippen LogP contribution in [0.1, 0.15) is 29.8 Å². The number of hydrogen-bond acceptors (Lipinski definition) is 3. The average Bonchev–Trinajstić information content (AvgIpc) is 2.48. The number of nitrogens with two attached hydrogens (primary N) is 1. The highest BCUT2D eigenvalue weighted by Crippen LogP contribution is 2.20. The van der Waals surface area contributed by atoms with E-state index in [1.807, 2.05) is 26.0 Å². The first-order chi connectivity index (χ1) is 10.0. The Morgan fingerprint density at radius 3 is 2.71 bits per heavy atom. The number of nitrogens with zero attached hydrogens (tertiary/aromatic N) is 2. The van der Waals surface area contributed by atoms with Crippen molar-refractivity contribution in [3.05, 3.63) is 59.7 Å². The van der Waals surface area contributed by atoms with Crippen molar-refractivity contribution in [2.24, 2.45) is 0 Å². The molecule has 0 aliphatic rings. The predicted octanol–water partition coefficient (Wildman–Crippen LogP) is 2.85. The first kappa shape index (κ1) is 15.0. The van der Waals surface area contributed by atoms with Crippen LogP contribution in [0.4, 0.5) is 10.1 Å². The average molecular weight is 287 g/mol. The molecule has 2 rings (SSSR count). The minimum Gasteiger partial charge on any atom is -0.396 e. The van der Waals surface area contributed by atoms with E-state index in [-0.39, 0.29) is 23.2 Å². The van der Waals surface area contributed by atoms with E-state index in [1.165, 1.54) is 12.1 Å². The number of pyridine rings is 1. The third-order valence-electron chi connectivity index (χ3n) is 3.24. The molecule has 2 aromatic rings. The van der Waals surface area contributed by atoms with Crippen molar-refractivity contribution >= 4 is 11.6 Å². The molecule has 0 saturated carbocycles. The molecule has 4 nitrogen and oxygen atoms in total. The van der Waals surface area contributed by atoms with E-state index >= 15 is 0 Å². The van der Waals surface area contributed by atoms with Crippen molar-refractivity contribution in [3.8, 4) is 0 Å². The fraction of sp³-hybridized carbons (Fsp3) is 0.250. The Balaban J connectivity index is 2.30. The van der Waals surface area contributed by atoms with Gasteiger partial charge in [0.05, 0.1) is 11.3 Å². The third kappa shape index (κ3) is 3.37. The van der Waals surface area contributed by atoms with Gasteiger partial charge in [-0.1, -0.05) is 12.1 Å². The van der Waals surface area contributed by atoms with Crippen molar-refractivity contribution < 1.29 is 9.18 Å². The summed E-state index contributed by atoms with van der Waals surface area (Å²) in [6.07, 6.45) is 3.38. The van der Waals surface area contributed by atoms with Gasteiger partial charge in [0.2, 0.25) is 0 Å². The number of nitrogen functional groups attached to an aromatic ring is 1. The van der Waals surface area contributed by atoms with Crippen molar-refractivity contribution in [2.45, 2.75) is 26.4 Å². The zero-order valence-electron chi connectivity index (χ0n) is 12.1. The van der Waals surface area contributed by atoms with Gasteiger partial charge in [0.15, 0.2) is 0 Å². The van der Waals surface area contributed by atoms with E-state index in [0.717, 1.165) is 5.56 Å². The Bertz CT molecular complexity index is 629. The highest BCUT2D eigenvalue weighted by Gasteiger charge is 2.22. The van der Waals surface area contributed by atoms with Gasteiger partial charge in [-0.3, -0.25) is 9.78 Å². The topological polar surface area (TPSA) is 59.2 Å². The second-order valence-electron chi connectivity index (χ2n) is 5.09. The van der Waals surface area contributed by atoms with Crippen LogP contribution in [0.25, 0.3) is 0 Å². The molecule has 0 saturated heterocycles. The summed E-state index contributed by atoms with van der Waals surface area (Å²) in [5, 5.41) is 0. The molecule has 1 aromatic heterocycles. The van der Waals surface area contributed by atoms with Crippen LogP contribution in [0.15, 0.2) is 42.7 Å². The highest BCUT2D eigenvalue weighted by molar-refractivity contribution is 5.99. The largest absolute Gasteiger partial charge is 0.396 e. The number of amides is 1. The lowest BCUT2D eigenvalue weighted by Gasteiger charge is -2.27. The normalized spacial score (nSPS) is 10.7. The number of benzene rings is 1. The summed E-state index contributed by atoms with van der Waals surface area (Å²) in [5.74, 6) is -0.864. The molecule has 2 N–H and O–H groups in total. The van der Waals surface area contributed by atoms with Gasteiger partial charge in [0.25, 0.3) is 5.91 Å². The molecule has 5 heteroatoms. The first-order valence-corrected chi connectivity index (χ1v) is 6.74. The van der Waals surface area contributed by atoms with Crippen molar-refractivity contribution in [1.29, 1.82) is 0 Å². The number of para-hydroxylation sites is 1.